The van der Waals surface area contributed by atoms with Crippen LogP contribution in [-0.2, 0) is 14.3 Å². The van der Waals surface area contributed by atoms with Gasteiger partial charge in [-0.15, -0.1) is 0 Å². The van der Waals surface area contributed by atoms with Crippen LogP contribution >= 0.6 is 0 Å². The molecule has 1 unspecified atom stereocenters. The average molecular weight is 268 g/mol. The van der Waals surface area contributed by atoms with E-state index < -0.39 is 0 Å². The van der Waals surface area contributed by atoms with Gasteiger partial charge in [-0.25, -0.2) is 0 Å². The molecule has 0 aromatic carbocycles. The van der Waals surface area contributed by atoms with Crippen molar-refractivity contribution in [2.75, 3.05) is 27.2 Å². The van der Waals surface area contributed by atoms with Gasteiger partial charge in [0.2, 0.25) is 5.91 Å². The van der Waals surface area contributed by atoms with Gasteiger partial charge in [-0.05, 0) is 12.8 Å². The lowest BCUT2D eigenvalue weighted by atomic mass is 9.91. The molecule has 1 saturated heterocycles. The molecule has 2 aliphatic rings. The number of nitrogens with zero attached hydrogens (tertiary/aromatic N) is 2. The fraction of sp³-hybridized carbons (Fsp3) is 0.857. The standard InChI is InChI=1S/C14H24N2O3/c1-15-8-9-16(11-6-4-3-5-7-11)12(14(15)18)10-13(17)19-2/h11-12H,3-10H2,1-2H3. The van der Waals surface area contributed by atoms with Gasteiger partial charge < -0.3 is 9.64 Å². The minimum atomic E-state index is -0.325. The fourth-order valence-corrected chi connectivity index (χ4v) is 3.22. The zero-order valence-corrected chi connectivity index (χ0v) is 11.9. The first-order valence-electron chi connectivity index (χ1n) is 7.21. The molecule has 0 spiro atoms. The molecule has 1 atom stereocenters. The average Bonchev–Trinajstić information content (AvgIpc) is 2.45. The molecule has 0 radical (unpaired) electrons. The highest BCUT2D eigenvalue weighted by Gasteiger charge is 2.38. The molecule has 0 aromatic rings. The summed E-state index contributed by atoms with van der Waals surface area (Å²) < 4.78 is 4.74. The Morgan fingerprint density at radius 2 is 1.95 bits per heavy atom. The Kier molecular flexibility index (Phi) is 4.80. The van der Waals surface area contributed by atoms with Gasteiger partial charge in [0, 0.05) is 26.2 Å². The normalized spacial score (nSPS) is 26.5. The molecular weight excluding hydrogens is 244 g/mol. The molecular formula is C14H24N2O3. The molecule has 1 saturated carbocycles. The lowest BCUT2D eigenvalue weighted by molar-refractivity contribution is -0.151. The van der Waals surface area contributed by atoms with Crippen LogP contribution < -0.4 is 0 Å². The Labute approximate surface area is 114 Å². The number of esters is 1. The fourth-order valence-electron chi connectivity index (χ4n) is 3.22. The van der Waals surface area contributed by atoms with Crippen LogP contribution in [0.25, 0.3) is 0 Å². The van der Waals surface area contributed by atoms with Crippen molar-refractivity contribution in [1.29, 1.82) is 0 Å². The maximum Gasteiger partial charge on any atom is 0.307 e. The van der Waals surface area contributed by atoms with E-state index in [2.05, 4.69) is 4.90 Å². The second-order valence-electron chi connectivity index (χ2n) is 5.59. The van der Waals surface area contributed by atoms with E-state index in [1.165, 1.54) is 26.4 Å². The monoisotopic (exact) mass is 268 g/mol. The maximum atomic E-state index is 12.3. The van der Waals surface area contributed by atoms with Crippen LogP contribution in [0.5, 0.6) is 0 Å². The van der Waals surface area contributed by atoms with Gasteiger partial charge in [0.25, 0.3) is 0 Å². The number of hydrogen-bond donors (Lipinski definition) is 0. The summed E-state index contributed by atoms with van der Waals surface area (Å²) in [7, 11) is 3.19. The highest BCUT2D eigenvalue weighted by atomic mass is 16.5. The topological polar surface area (TPSA) is 49.9 Å². The Bertz CT molecular complexity index is 340. The Morgan fingerprint density at radius 3 is 2.58 bits per heavy atom. The number of amides is 1. The molecule has 1 aliphatic carbocycles. The minimum absolute atomic E-state index is 0.0576. The van der Waals surface area contributed by atoms with E-state index in [9.17, 15) is 9.59 Å². The third kappa shape index (κ3) is 3.26. The van der Waals surface area contributed by atoms with Crippen molar-refractivity contribution in [2.45, 2.75) is 50.6 Å². The SMILES string of the molecule is COC(=O)CC1C(=O)N(C)CCN1C1CCCCC1. The second kappa shape index (κ2) is 6.37. The van der Waals surface area contributed by atoms with Crippen LogP contribution in [0.2, 0.25) is 0 Å². The lowest BCUT2D eigenvalue weighted by Crippen LogP contribution is -2.59. The first-order chi connectivity index (χ1) is 9.13. The predicted octanol–water partition coefficient (Wildman–Crippen LogP) is 1.02. The van der Waals surface area contributed by atoms with Crippen molar-refractivity contribution in [3.63, 3.8) is 0 Å². The number of carbonyl (C=O) groups excluding carboxylic acids is 2. The summed E-state index contributed by atoms with van der Waals surface area (Å²) >= 11 is 0. The predicted molar refractivity (Wildman–Crippen MR) is 71.6 cm³/mol. The van der Waals surface area contributed by atoms with Crippen molar-refractivity contribution < 1.29 is 14.3 Å². The van der Waals surface area contributed by atoms with Crippen LogP contribution in [-0.4, -0.2) is 61.0 Å². The van der Waals surface area contributed by atoms with Crippen LogP contribution in [0.1, 0.15) is 38.5 Å². The molecule has 1 heterocycles. The highest BCUT2D eigenvalue weighted by molar-refractivity contribution is 5.87. The number of rotatable bonds is 3. The second-order valence-corrected chi connectivity index (χ2v) is 5.59. The highest BCUT2D eigenvalue weighted by Crippen LogP contribution is 2.27. The first kappa shape index (κ1) is 14.3. The third-order valence-corrected chi connectivity index (χ3v) is 4.39. The van der Waals surface area contributed by atoms with Gasteiger partial charge in [-0.2, -0.15) is 0 Å². The largest absolute Gasteiger partial charge is 0.469 e. The third-order valence-electron chi connectivity index (χ3n) is 4.39. The van der Waals surface area contributed by atoms with Gasteiger partial charge in [0.15, 0.2) is 0 Å². The summed E-state index contributed by atoms with van der Waals surface area (Å²) in [5.41, 5.74) is 0. The summed E-state index contributed by atoms with van der Waals surface area (Å²) in [5, 5.41) is 0. The van der Waals surface area contributed by atoms with Crippen molar-refractivity contribution in [3.8, 4) is 0 Å². The van der Waals surface area contributed by atoms with E-state index in [1.54, 1.807) is 4.90 Å². The molecule has 0 bridgehead atoms. The summed E-state index contributed by atoms with van der Waals surface area (Å²) in [6, 6.07) is 0.135. The molecule has 2 rings (SSSR count). The van der Waals surface area contributed by atoms with Gasteiger partial charge in [0.1, 0.15) is 6.04 Å². The van der Waals surface area contributed by atoms with E-state index >= 15 is 0 Å². The van der Waals surface area contributed by atoms with Crippen LogP contribution in [0, 0.1) is 0 Å². The van der Waals surface area contributed by atoms with Crippen LogP contribution in [0.4, 0.5) is 0 Å². The molecule has 1 aliphatic heterocycles. The number of likely N-dealkylation sites (N-methyl/N-ethyl adjacent to an activating group) is 1. The summed E-state index contributed by atoms with van der Waals surface area (Å²) in [4.78, 5) is 27.8. The summed E-state index contributed by atoms with van der Waals surface area (Å²) in [6.45, 7) is 1.63. The molecule has 0 N–H and O–H groups in total. The first-order valence-corrected chi connectivity index (χ1v) is 7.21. The van der Waals surface area contributed by atoms with Gasteiger partial charge in [-0.1, -0.05) is 19.3 Å². The Balaban J connectivity index is 2.08. The van der Waals surface area contributed by atoms with E-state index in [1.807, 2.05) is 7.05 Å². The van der Waals surface area contributed by atoms with E-state index in [4.69, 9.17) is 4.74 Å². The molecule has 5 heteroatoms. The van der Waals surface area contributed by atoms with E-state index in [-0.39, 0.29) is 24.3 Å². The van der Waals surface area contributed by atoms with Crippen molar-refractivity contribution in [1.82, 2.24) is 9.80 Å². The number of hydrogen-bond acceptors (Lipinski definition) is 4. The quantitative estimate of drug-likeness (QED) is 0.717. The Hall–Kier alpha value is -1.10. The zero-order valence-electron chi connectivity index (χ0n) is 11.9. The van der Waals surface area contributed by atoms with E-state index in [0.29, 0.717) is 6.04 Å². The van der Waals surface area contributed by atoms with Gasteiger partial charge >= 0.3 is 5.97 Å². The van der Waals surface area contributed by atoms with E-state index in [0.717, 1.165) is 25.9 Å². The number of ether oxygens (including phenoxy) is 1. The summed E-state index contributed by atoms with van der Waals surface area (Å²) in [6.07, 6.45) is 6.23. The van der Waals surface area contributed by atoms with Crippen LogP contribution in [0.15, 0.2) is 0 Å². The smallest absolute Gasteiger partial charge is 0.307 e. The van der Waals surface area contributed by atoms with Crippen molar-refractivity contribution >= 4 is 11.9 Å². The molecule has 0 aromatic heterocycles. The molecule has 2 fully saturated rings. The zero-order chi connectivity index (χ0) is 13.8. The maximum absolute atomic E-state index is 12.3. The molecule has 5 nitrogen and oxygen atoms in total. The van der Waals surface area contributed by atoms with Gasteiger partial charge in [-0.3, -0.25) is 14.5 Å². The summed E-state index contributed by atoms with van der Waals surface area (Å²) in [5.74, 6) is -0.239. The number of carbonyl (C=O) groups is 2. The number of piperazine rings is 1. The van der Waals surface area contributed by atoms with Crippen molar-refractivity contribution in [2.24, 2.45) is 0 Å². The molecule has 1 amide bonds. The lowest BCUT2D eigenvalue weighted by Gasteiger charge is -2.44. The molecule has 19 heavy (non-hydrogen) atoms. The number of methoxy groups -OCH3 is 1. The minimum Gasteiger partial charge on any atom is -0.469 e. The van der Waals surface area contributed by atoms with Crippen LogP contribution in [0.3, 0.4) is 0 Å². The van der Waals surface area contributed by atoms with Crippen molar-refractivity contribution in [3.05, 3.63) is 0 Å². The van der Waals surface area contributed by atoms with Gasteiger partial charge in [0.05, 0.1) is 13.5 Å². The Morgan fingerprint density at radius 1 is 1.26 bits per heavy atom. The molecule has 108 valence electrons.